The predicted octanol–water partition coefficient (Wildman–Crippen LogP) is 3.42. The maximum atomic E-state index is 12.0. The molecular formula is C21H21N3O3S. The predicted molar refractivity (Wildman–Crippen MR) is 111 cm³/mol. The first-order chi connectivity index (χ1) is 13.7. The molecule has 1 aromatic heterocycles. The molecule has 0 atom stereocenters. The fourth-order valence-corrected chi connectivity index (χ4v) is 4.11. The van der Waals surface area contributed by atoms with Crippen LogP contribution in [0.15, 0.2) is 47.8 Å². The zero-order valence-corrected chi connectivity index (χ0v) is 16.4. The Bertz CT molecular complexity index is 996. The number of anilines is 1. The number of hydrogen-bond donors (Lipinski definition) is 1. The van der Waals surface area contributed by atoms with Gasteiger partial charge in [0.25, 0.3) is 0 Å². The fraction of sp³-hybridized carbons (Fsp3) is 0.238. The Kier molecular flexibility index (Phi) is 5.27. The molecule has 6 nitrogen and oxygen atoms in total. The summed E-state index contributed by atoms with van der Waals surface area (Å²) in [4.78, 5) is 19.0. The van der Waals surface area contributed by atoms with Gasteiger partial charge in [0.2, 0.25) is 5.91 Å². The highest BCUT2D eigenvalue weighted by Crippen LogP contribution is 2.34. The van der Waals surface area contributed by atoms with Crippen LogP contribution in [-0.4, -0.2) is 44.3 Å². The summed E-state index contributed by atoms with van der Waals surface area (Å²) in [6.07, 6.45) is 0. The molecule has 0 aliphatic carbocycles. The lowest BCUT2D eigenvalue weighted by Crippen LogP contribution is -2.36. The van der Waals surface area contributed by atoms with Crippen molar-refractivity contribution in [2.45, 2.75) is 0 Å². The lowest BCUT2D eigenvalue weighted by atomic mass is 10.1. The van der Waals surface area contributed by atoms with Crippen LogP contribution in [-0.2, 0) is 4.74 Å². The zero-order chi connectivity index (χ0) is 19.5. The second-order valence-electron chi connectivity index (χ2n) is 6.46. The van der Waals surface area contributed by atoms with E-state index in [-0.39, 0.29) is 0 Å². The molecule has 4 rings (SSSR count). The third kappa shape index (κ3) is 3.72. The summed E-state index contributed by atoms with van der Waals surface area (Å²) < 4.78 is 10.7. The fourth-order valence-electron chi connectivity index (χ4n) is 3.25. The van der Waals surface area contributed by atoms with Crippen molar-refractivity contribution >= 4 is 22.9 Å². The van der Waals surface area contributed by atoms with Gasteiger partial charge in [-0.2, -0.15) is 0 Å². The number of hydrogen-bond acceptors (Lipinski definition) is 6. The number of nitrogens with zero attached hydrogens (tertiary/aromatic N) is 2. The van der Waals surface area contributed by atoms with E-state index in [1.165, 1.54) is 11.3 Å². The van der Waals surface area contributed by atoms with E-state index in [4.69, 9.17) is 20.2 Å². The van der Waals surface area contributed by atoms with E-state index in [0.717, 1.165) is 46.4 Å². The monoisotopic (exact) mass is 395 g/mol. The van der Waals surface area contributed by atoms with Crippen LogP contribution in [0.25, 0.3) is 21.8 Å². The lowest BCUT2D eigenvalue weighted by Gasteiger charge is -2.29. The summed E-state index contributed by atoms with van der Waals surface area (Å²) in [5.41, 5.74) is 9.71. The number of rotatable bonds is 5. The summed E-state index contributed by atoms with van der Waals surface area (Å²) in [5, 5.41) is 2.75. The Morgan fingerprint density at radius 2 is 2.04 bits per heavy atom. The van der Waals surface area contributed by atoms with E-state index in [1.807, 2.05) is 41.8 Å². The van der Waals surface area contributed by atoms with Gasteiger partial charge < -0.3 is 20.1 Å². The van der Waals surface area contributed by atoms with Crippen molar-refractivity contribution in [1.82, 2.24) is 4.98 Å². The second-order valence-corrected chi connectivity index (χ2v) is 7.32. The summed E-state index contributed by atoms with van der Waals surface area (Å²) >= 11 is 1.49. The van der Waals surface area contributed by atoms with Crippen molar-refractivity contribution in [3.63, 3.8) is 0 Å². The molecule has 0 radical (unpaired) electrons. The van der Waals surface area contributed by atoms with Crippen LogP contribution in [0.1, 0.15) is 10.4 Å². The standard InChI is InChI=1S/C21H21N3O3S/c1-26-16-4-2-3-14(11-16)19-13-28-21(23-19)18-12-15(5-6-17(18)20(22)25)24-7-9-27-10-8-24/h2-6,11-13H,7-10H2,1H3,(H2,22,25). The highest BCUT2D eigenvalue weighted by atomic mass is 32.1. The van der Waals surface area contributed by atoms with Crippen LogP contribution in [0.4, 0.5) is 5.69 Å². The number of thiazole rings is 1. The smallest absolute Gasteiger partial charge is 0.249 e. The number of primary amides is 1. The number of nitrogens with two attached hydrogens (primary N) is 1. The normalized spacial score (nSPS) is 14.1. The van der Waals surface area contributed by atoms with E-state index in [1.54, 1.807) is 13.2 Å². The largest absolute Gasteiger partial charge is 0.497 e. The topological polar surface area (TPSA) is 77.7 Å². The molecule has 1 aliphatic rings. The molecule has 2 heterocycles. The quantitative estimate of drug-likeness (QED) is 0.716. The minimum atomic E-state index is -0.457. The minimum Gasteiger partial charge on any atom is -0.497 e. The van der Waals surface area contributed by atoms with Gasteiger partial charge in [0.1, 0.15) is 10.8 Å². The van der Waals surface area contributed by atoms with Crippen molar-refractivity contribution in [2.24, 2.45) is 5.73 Å². The number of ether oxygens (including phenoxy) is 2. The van der Waals surface area contributed by atoms with Crippen LogP contribution in [0.2, 0.25) is 0 Å². The Hall–Kier alpha value is -2.90. The molecule has 1 saturated heterocycles. The van der Waals surface area contributed by atoms with Crippen molar-refractivity contribution in [1.29, 1.82) is 0 Å². The molecule has 1 aliphatic heterocycles. The van der Waals surface area contributed by atoms with Crippen LogP contribution in [0.3, 0.4) is 0 Å². The van der Waals surface area contributed by atoms with Gasteiger partial charge in [-0.15, -0.1) is 11.3 Å². The first-order valence-electron chi connectivity index (χ1n) is 9.02. The van der Waals surface area contributed by atoms with Crippen molar-refractivity contribution < 1.29 is 14.3 Å². The summed E-state index contributed by atoms with van der Waals surface area (Å²) in [7, 11) is 1.64. The third-order valence-corrected chi connectivity index (χ3v) is 5.62. The van der Waals surface area contributed by atoms with Gasteiger partial charge in [0.05, 0.1) is 26.0 Å². The highest BCUT2D eigenvalue weighted by Gasteiger charge is 2.18. The molecule has 144 valence electrons. The number of amides is 1. The average Bonchev–Trinajstić information content (AvgIpc) is 3.24. The van der Waals surface area contributed by atoms with Crippen molar-refractivity contribution in [3.05, 3.63) is 53.4 Å². The van der Waals surface area contributed by atoms with Gasteiger partial charge in [-0.05, 0) is 30.3 Å². The first kappa shape index (κ1) is 18.5. The van der Waals surface area contributed by atoms with E-state index >= 15 is 0 Å². The van der Waals surface area contributed by atoms with Crippen LogP contribution < -0.4 is 15.4 Å². The SMILES string of the molecule is COc1cccc(-c2csc(-c3cc(N4CCOCC4)ccc3C(N)=O)n2)c1. The number of morpholine rings is 1. The number of methoxy groups -OCH3 is 1. The van der Waals surface area contributed by atoms with Crippen LogP contribution in [0.5, 0.6) is 5.75 Å². The Labute approximate surface area is 167 Å². The maximum Gasteiger partial charge on any atom is 0.249 e. The third-order valence-electron chi connectivity index (χ3n) is 4.74. The van der Waals surface area contributed by atoms with E-state index in [9.17, 15) is 4.79 Å². The first-order valence-corrected chi connectivity index (χ1v) is 9.90. The van der Waals surface area contributed by atoms with Crippen LogP contribution in [0, 0.1) is 0 Å². The maximum absolute atomic E-state index is 12.0. The Morgan fingerprint density at radius 1 is 1.21 bits per heavy atom. The van der Waals surface area contributed by atoms with Crippen molar-refractivity contribution in [2.75, 3.05) is 38.3 Å². The van der Waals surface area contributed by atoms with Gasteiger partial charge in [-0.1, -0.05) is 12.1 Å². The second kappa shape index (κ2) is 8.00. The summed E-state index contributed by atoms with van der Waals surface area (Å²) in [5.74, 6) is 0.320. The van der Waals surface area contributed by atoms with E-state index < -0.39 is 5.91 Å². The molecule has 1 fully saturated rings. The molecule has 0 saturated carbocycles. The Morgan fingerprint density at radius 3 is 2.79 bits per heavy atom. The van der Waals surface area contributed by atoms with E-state index in [0.29, 0.717) is 18.8 Å². The number of carbonyl (C=O) groups is 1. The minimum absolute atomic E-state index is 0.457. The molecular weight excluding hydrogens is 374 g/mol. The van der Waals surface area contributed by atoms with Gasteiger partial charge in [0, 0.05) is 40.8 Å². The molecule has 0 bridgehead atoms. The summed E-state index contributed by atoms with van der Waals surface area (Å²) in [6.45, 7) is 3.04. The van der Waals surface area contributed by atoms with Gasteiger partial charge in [-0.25, -0.2) is 4.98 Å². The molecule has 2 aromatic carbocycles. The zero-order valence-electron chi connectivity index (χ0n) is 15.6. The molecule has 2 N–H and O–H groups in total. The number of carbonyl (C=O) groups excluding carboxylic acids is 1. The molecule has 1 amide bonds. The van der Waals surface area contributed by atoms with Crippen LogP contribution >= 0.6 is 11.3 Å². The van der Waals surface area contributed by atoms with Gasteiger partial charge in [-0.3, -0.25) is 4.79 Å². The number of benzene rings is 2. The number of aromatic nitrogens is 1. The lowest BCUT2D eigenvalue weighted by molar-refractivity contribution is 0.100. The van der Waals surface area contributed by atoms with E-state index in [2.05, 4.69) is 4.90 Å². The molecule has 28 heavy (non-hydrogen) atoms. The molecule has 3 aromatic rings. The molecule has 7 heteroatoms. The summed E-state index contributed by atoms with van der Waals surface area (Å²) in [6, 6.07) is 13.5. The van der Waals surface area contributed by atoms with Crippen molar-refractivity contribution in [3.8, 4) is 27.6 Å². The highest BCUT2D eigenvalue weighted by molar-refractivity contribution is 7.13. The van der Waals surface area contributed by atoms with Gasteiger partial charge >= 0.3 is 0 Å². The Balaban J connectivity index is 1.73. The average molecular weight is 395 g/mol. The van der Waals surface area contributed by atoms with Gasteiger partial charge in [0.15, 0.2) is 0 Å². The molecule has 0 unspecified atom stereocenters. The molecule has 0 spiro atoms.